The van der Waals surface area contributed by atoms with Crippen molar-refractivity contribution in [3.8, 4) is 0 Å². The van der Waals surface area contributed by atoms with Crippen LogP contribution in [0.5, 0.6) is 0 Å². The molecule has 0 spiro atoms. The second kappa shape index (κ2) is 7.73. The predicted molar refractivity (Wildman–Crippen MR) is 89.0 cm³/mol. The number of aliphatic hydroxyl groups is 1. The Morgan fingerprint density at radius 3 is 1.96 bits per heavy atom. The third-order valence-corrected chi connectivity index (χ3v) is 6.11. The molecule has 2 saturated carbocycles. The van der Waals surface area contributed by atoms with E-state index in [0.717, 1.165) is 25.7 Å². The van der Waals surface area contributed by atoms with Crippen molar-refractivity contribution in [1.29, 1.82) is 0 Å². The van der Waals surface area contributed by atoms with Gasteiger partial charge in [0.15, 0.2) is 0 Å². The first-order valence-electron chi connectivity index (χ1n) is 9.61. The van der Waals surface area contributed by atoms with E-state index in [0.29, 0.717) is 18.8 Å². The minimum atomic E-state index is -5.80. The Kier molecular flexibility index (Phi) is 6.52. The average molecular weight is 404 g/mol. The summed E-state index contributed by atoms with van der Waals surface area (Å²) in [6.07, 6.45) is -9.81. The van der Waals surface area contributed by atoms with Gasteiger partial charge >= 0.3 is 12.4 Å². The number of alkyl halides is 6. The van der Waals surface area contributed by atoms with Crippen molar-refractivity contribution in [1.82, 2.24) is 0 Å². The zero-order valence-electron chi connectivity index (χ0n) is 16.1. The summed E-state index contributed by atoms with van der Waals surface area (Å²) in [6, 6.07) is 0. The maximum atomic E-state index is 13.2. The van der Waals surface area contributed by atoms with Gasteiger partial charge in [0.1, 0.15) is 0 Å². The molecule has 160 valence electrons. The van der Waals surface area contributed by atoms with Gasteiger partial charge in [-0.3, -0.25) is 0 Å². The molecule has 8 heteroatoms. The Morgan fingerprint density at radius 2 is 1.56 bits per heavy atom. The second-order valence-electron chi connectivity index (χ2n) is 9.47. The van der Waals surface area contributed by atoms with Crippen molar-refractivity contribution in [2.75, 3.05) is 6.61 Å². The van der Waals surface area contributed by atoms with Crippen molar-refractivity contribution >= 4 is 0 Å². The Bertz CT molecular complexity index is 480. The van der Waals surface area contributed by atoms with Crippen LogP contribution < -0.4 is 0 Å². The molecule has 0 aromatic rings. The van der Waals surface area contributed by atoms with E-state index in [2.05, 4.69) is 0 Å². The Morgan fingerprint density at radius 1 is 0.963 bits per heavy atom. The number of hydrogen-bond donors (Lipinski definition) is 1. The van der Waals surface area contributed by atoms with Gasteiger partial charge in [0.2, 0.25) is 0 Å². The molecular formula is C19H30F6O2. The standard InChI is InChI=1S/C19H30F6O2/c1-16(2,3)7-4-8-27-15(14-10-12-5-6-13(14)9-12)11-17(26,18(20,21)22)19(23,24)25/h12-15,26H,4-11H2,1-3H3. The van der Waals surface area contributed by atoms with E-state index < -0.39 is 30.5 Å². The zero-order chi connectivity index (χ0) is 20.7. The molecule has 2 fully saturated rings. The highest BCUT2D eigenvalue weighted by molar-refractivity contribution is 5.01. The highest BCUT2D eigenvalue weighted by atomic mass is 19.4. The first-order valence-corrected chi connectivity index (χ1v) is 9.61. The first-order chi connectivity index (χ1) is 12.1. The topological polar surface area (TPSA) is 29.5 Å². The lowest BCUT2D eigenvalue weighted by molar-refractivity contribution is -0.375. The van der Waals surface area contributed by atoms with Crippen LogP contribution in [0.4, 0.5) is 26.3 Å². The van der Waals surface area contributed by atoms with Crippen LogP contribution in [-0.4, -0.2) is 35.8 Å². The molecule has 0 amide bonds. The van der Waals surface area contributed by atoms with Gasteiger partial charge in [-0.25, -0.2) is 0 Å². The lowest BCUT2D eigenvalue weighted by atomic mass is 9.79. The normalized spacial score (nSPS) is 28.0. The second-order valence-corrected chi connectivity index (χ2v) is 9.47. The number of rotatable bonds is 7. The Balaban J connectivity index is 2.13. The maximum absolute atomic E-state index is 13.2. The van der Waals surface area contributed by atoms with Gasteiger partial charge in [-0.15, -0.1) is 0 Å². The van der Waals surface area contributed by atoms with E-state index >= 15 is 0 Å². The lowest BCUT2D eigenvalue weighted by Crippen LogP contribution is -2.59. The zero-order valence-corrected chi connectivity index (χ0v) is 16.1. The molecule has 2 aliphatic rings. The lowest BCUT2D eigenvalue weighted by Gasteiger charge is -2.38. The van der Waals surface area contributed by atoms with Gasteiger partial charge in [0.05, 0.1) is 6.10 Å². The summed E-state index contributed by atoms with van der Waals surface area (Å²) in [6.45, 7) is 6.12. The molecule has 2 nitrogen and oxygen atoms in total. The maximum Gasteiger partial charge on any atom is 0.426 e. The molecule has 2 rings (SSSR count). The molecule has 0 radical (unpaired) electrons. The fraction of sp³-hybridized carbons (Fsp3) is 1.00. The number of ether oxygens (including phenoxy) is 1. The molecule has 27 heavy (non-hydrogen) atoms. The van der Waals surface area contributed by atoms with Crippen molar-refractivity contribution in [3.63, 3.8) is 0 Å². The SMILES string of the molecule is CC(C)(C)CCCOC(CC(O)(C(F)(F)F)C(F)(F)F)C1CC2CCC1C2. The van der Waals surface area contributed by atoms with Gasteiger partial charge < -0.3 is 9.84 Å². The Hall–Kier alpha value is -0.500. The molecule has 0 aliphatic heterocycles. The molecule has 0 heterocycles. The van der Waals surface area contributed by atoms with Crippen molar-refractivity contribution < 1.29 is 36.2 Å². The molecule has 0 aromatic carbocycles. The summed E-state index contributed by atoms with van der Waals surface area (Å²) < 4.78 is 84.5. The summed E-state index contributed by atoms with van der Waals surface area (Å²) in [7, 11) is 0. The quantitative estimate of drug-likeness (QED) is 0.424. The summed E-state index contributed by atoms with van der Waals surface area (Å²) >= 11 is 0. The number of hydrogen-bond acceptors (Lipinski definition) is 2. The summed E-state index contributed by atoms with van der Waals surface area (Å²) in [5.74, 6) is 0.0912. The third-order valence-electron chi connectivity index (χ3n) is 6.11. The van der Waals surface area contributed by atoms with E-state index in [1.165, 1.54) is 0 Å². The van der Waals surface area contributed by atoms with Crippen molar-refractivity contribution in [2.24, 2.45) is 23.2 Å². The van der Waals surface area contributed by atoms with Gasteiger partial charge in [0.25, 0.3) is 5.60 Å². The molecule has 4 unspecified atom stereocenters. The van der Waals surface area contributed by atoms with Gasteiger partial charge in [-0.05, 0) is 55.3 Å². The molecule has 0 aromatic heterocycles. The van der Waals surface area contributed by atoms with Crippen LogP contribution in [0.1, 0.15) is 65.7 Å². The smallest absolute Gasteiger partial charge is 0.378 e. The number of fused-ring (bicyclic) bond motifs is 2. The number of halogens is 6. The van der Waals surface area contributed by atoms with Crippen LogP contribution in [0, 0.1) is 23.2 Å². The van der Waals surface area contributed by atoms with E-state index in [1.54, 1.807) is 0 Å². The summed E-state index contributed by atoms with van der Waals surface area (Å²) in [5.41, 5.74) is -4.74. The average Bonchev–Trinajstić information content (AvgIpc) is 3.09. The van der Waals surface area contributed by atoms with Crippen LogP contribution in [0.15, 0.2) is 0 Å². The van der Waals surface area contributed by atoms with Crippen LogP contribution in [0.3, 0.4) is 0 Å². The van der Waals surface area contributed by atoms with E-state index in [9.17, 15) is 31.4 Å². The van der Waals surface area contributed by atoms with Gasteiger partial charge in [-0.2, -0.15) is 26.3 Å². The summed E-state index contributed by atoms with van der Waals surface area (Å²) in [5, 5.41) is 9.64. The van der Waals surface area contributed by atoms with E-state index in [-0.39, 0.29) is 23.9 Å². The Labute approximate surface area is 156 Å². The van der Waals surface area contributed by atoms with Crippen molar-refractivity contribution in [2.45, 2.75) is 89.8 Å². The van der Waals surface area contributed by atoms with Crippen molar-refractivity contribution in [3.05, 3.63) is 0 Å². The highest BCUT2D eigenvalue weighted by Crippen LogP contribution is 2.53. The fourth-order valence-corrected chi connectivity index (χ4v) is 4.60. The molecule has 2 aliphatic carbocycles. The minimum absolute atomic E-state index is 0.00393. The molecule has 1 N–H and O–H groups in total. The third kappa shape index (κ3) is 5.31. The van der Waals surface area contributed by atoms with Gasteiger partial charge in [-0.1, -0.05) is 27.2 Å². The molecule has 2 bridgehead atoms. The monoisotopic (exact) mass is 404 g/mol. The van der Waals surface area contributed by atoms with Gasteiger partial charge in [0, 0.05) is 13.0 Å². The van der Waals surface area contributed by atoms with Crippen LogP contribution >= 0.6 is 0 Å². The highest BCUT2D eigenvalue weighted by Gasteiger charge is 2.71. The molecule has 4 atom stereocenters. The first kappa shape index (κ1) is 22.8. The van der Waals surface area contributed by atoms with Crippen LogP contribution in [0.2, 0.25) is 0 Å². The van der Waals surface area contributed by atoms with E-state index in [4.69, 9.17) is 4.74 Å². The van der Waals surface area contributed by atoms with Crippen LogP contribution in [0.25, 0.3) is 0 Å². The van der Waals surface area contributed by atoms with Crippen LogP contribution in [-0.2, 0) is 4.74 Å². The largest absolute Gasteiger partial charge is 0.426 e. The molecular weight excluding hydrogens is 374 g/mol. The predicted octanol–water partition coefficient (Wildman–Crippen LogP) is 5.88. The summed E-state index contributed by atoms with van der Waals surface area (Å²) in [4.78, 5) is 0. The fourth-order valence-electron chi connectivity index (χ4n) is 4.60. The molecule has 0 saturated heterocycles. The minimum Gasteiger partial charge on any atom is -0.378 e. The van der Waals surface area contributed by atoms with E-state index in [1.807, 2.05) is 20.8 Å².